The number of ether oxygens (including phenoxy) is 2. The second-order valence-electron chi connectivity index (χ2n) is 6.39. The molecule has 0 aliphatic heterocycles. The van der Waals surface area contributed by atoms with Crippen molar-refractivity contribution in [2.75, 3.05) is 19.8 Å². The van der Waals surface area contributed by atoms with Crippen LogP contribution in [0.2, 0.25) is 5.02 Å². The molecule has 5 nitrogen and oxygen atoms in total. The molecule has 1 aliphatic rings. The molecular weight excluding hydrogens is 354 g/mol. The molecule has 1 heterocycles. The predicted molar refractivity (Wildman–Crippen MR) is 99.1 cm³/mol. The number of aromatic nitrogens is 1. The highest BCUT2D eigenvalue weighted by molar-refractivity contribution is 6.30. The average Bonchev–Trinajstić information content (AvgIpc) is 2.96. The number of esters is 1. The summed E-state index contributed by atoms with van der Waals surface area (Å²) < 4.78 is 10.4. The maximum Gasteiger partial charge on any atom is 0.355 e. The molecule has 1 aliphatic carbocycles. The summed E-state index contributed by atoms with van der Waals surface area (Å²) >= 11 is 5.95. The summed E-state index contributed by atoms with van der Waals surface area (Å²) in [5, 5.41) is 0.671. The minimum absolute atomic E-state index is 0.0494. The number of H-pyrrole nitrogens is 1. The van der Waals surface area contributed by atoms with Gasteiger partial charge < -0.3 is 14.5 Å². The Morgan fingerprint density at radius 1 is 1.23 bits per heavy atom. The molecule has 26 heavy (non-hydrogen) atoms. The molecule has 6 heteroatoms. The topological polar surface area (TPSA) is 68.4 Å². The summed E-state index contributed by atoms with van der Waals surface area (Å²) in [4.78, 5) is 28.1. The fourth-order valence-corrected chi connectivity index (χ4v) is 3.54. The Labute approximate surface area is 157 Å². The summed E-state index contributed by atoms with van der Waals surface area (Å²) in [5.41, 5.74) is 3.53. The van der Waals surface area contributed by atoms with E-state index in [0.29, 0.717) is 47.9 Å². The predicted octanol–water partition coefficient (Wildman–Crippen LogP) is 4.08. The lowest BCUT2D eigenvalue weighted by atomic mass is 9.81. The van der Waals surface area contributed by atoms with Crippen LogP contribution in [0.5, 0.6) is 0 Å². The van der Waals surface area contributed by atoms with E-state index in [1.807, 2.05) is 31.2 Å². The Morgan fingerprint density at radius 3 is 2.65 bits per heavy atom. The molecule has 1 N–H and O–H groups in total. The molecule has 0 saturated carbocycles. The SMILES string of the molecule is CCOCCOC(=O)c1[nH]c2c(c1C)C(=O)CC(c1ccc(Cl)cc1)C2. The first-order chi connectivity index (χ1) is 12.5. The van der Waals surface area contributed by atoms with Gasteiger partial charge in [-0.2, -0.15) is 0 Å². The summed E-state index contributed by atoms with van der Waals surface area (Å²) in [7, 11) is 0. The van der Waals surface area contributed by atoms with Crippen LogP contribution in [0.15, 0.2) is 24.3 Å². The van der Waals surface area contributed by atoms with Crippen molar-refractivity contribution in [1.82, 2.24) is 4.98 Å². The first-order valence-electron chi connectivity index (χ1n) is 8.76. The van der Waals surface area contributed by atoms with E-state index in [4.69, 9.17) is 21.1 Å². The van der Waals surface area contributed by atoms with E-state index in [-0.39, 0.29) is 18.3 Å². The number of rotatable bonds is 6. The Bertz CT molecular complexity index is 810. The molecule has 3 rings (SSSR count). The van der Waals surface area contributed by atoms with E-state index in [0.717, 1.165) is 11.3 Å². The van der Waals surface area contributed by atoms with Crippen molar-refractivity contribution < 1.29 is 19.1 Å². The van der Waals surface area contributed by atoms with E-state index in [9.17, 15) is 9.59 Å². The molecule has 0 spiro atoms. The highest BCUT2D eigenvalue weighted by Crippen LogP contribution is 2.35. The van der Waals surface area contributed by atoms with Gasteiger partial charge >= 0.3 is 5.97 Å². The van der Waals surface area contributed by atoms with Crippen LogP contribution in [0.1, 0.15) is 56.9 Å². The normalized spacial score (nSPS) is 16.4. The van der Waals surface area contributed by atoms with E-state index >= 15 is 0 Å². The van der Waals surface area contributed by atoms with Crippen LogP contribution in [0, 0.1) is 6.92 Å². The highest BCUT2D eigenvalue weighted by atomic mass is 35.5. The molecule has 1 unspecified atom stereocenters. The van der Waals surface area contributed by atoms with Crippen LogP contribution in [-0.4, -0.2) is 36.6 Å². The Kier molecular flexibility index (Phi) is 5.79. The highest BCUT2D eigenvalue weighted by Gasteiger charge is 2.32. The van der Waals surface area contributed by atoms with Gasteiger partial charge in [-0.25, -0.2) is 4.79 Å². The zero-order valence-electron chi connectivity index (χ0n) is 14.9. The number of nitrogens with one attached hydrogen (secondary N) is 1. The van der Waals surface area contributed by atoms with Crippen molar-refractivity contribution in [2.45, 2.75) is 32.6 Å². The number of benzene rings is 1. The third-order valence-corrected chi connectivity index (χ3v) is 4.95. The minimum atomic E-state index is -0.451. The molecule has 0 fully saturated rings. The molecule has 138 valence electrons. The fourth-order valence-electron chi connectivity index (χ4n) is 3.42. The van der Waals surface area contributed by atoms with Gasteiger partial charge in [0.25, 0.3) is 0 Å². The Hall–Kier alpha value is -2.11. The van der Waals surface area contributed by atoms with Crippen LogP contribution in [-0.2, 0) is 15.9 Å². The maximum atomic E-state index is 12.7. The molecule has 1 aromatic heterocycles. The quantitative estimate of drug-likeness (QED) is 0.610. The molecular formula is C20H22ClNO4. The van der Waals surface area contributed by atoms with Crippen LogP contribution in [0.25, 0.3) is 0 Å². The third kappa shape index (κ3) is 3.84. The average molecular weight is 376 g/mol. The first-order valence-corrected chi connectivity index (χ1v) is 9.14. The van der Waals surface area contributed by atoms with Crippen molar-refractivity contribution in [3.05, 3.63) is 57.4 Å². The minimum Gasteiger partial charge on any atom is -0.459 e. The van der Waals surface area contributed by atoms with Gasteiger partial charge in [0.15, 0.2) is 5.78 Å². The van der Waals surface area contributed by atoms with Crippen LogP contribution in [0.3, 0.4) is 0 Å². The first kappa shape index (κ1) is 18.7. The lowest BCUT2D eigenvalue weighted by Gasteiger charge is -2.22. The number of carbonyl (C=O) groups is 2. The van der Waals surface area contributed by atoms with Crippen molar-refractivity contribution in [3.63, 3.8) is 0 Å². The number of ketones is 1. The molecule has 1 atom stereocenters. The third-order valence-electron chi connectivity index (χ3n) is 4.70. The van der Waals surface area contributed by atoms with Gasteiger partial charge in [-0.05, 0) is 49.4 Å². The van der Waals surface area contributed by atoms with E-state index in [2.05, 4.69) is 4.98 Å². The number of Topliss-reactive ketones (excluding diaryl/α,β-unsaturated/α-hetero) is 1. The number of hydrogen-bond donors (Lipinski definition) is 1. The van der Waals surface area contributed by atoms with Crippen LogP contribution >= 0.6 is 11.6 Å². The molecule has 0 saturated heterocycles. The molecule has 0 radical (unpaired) electrons. The molecule has 0 amide bonds. The monoisotopic (exact) mass is 375 g/mol. The fraction of sp³-hybridized carbons (Fsp3) is 0.400. The number of halogens is 1. The lowest BCUT2D eigenvalue weighted by molar-refractivity contribution is 0.0329. The number of fused-ring (bicyclic) bond motifs is 1. The van der Waals surface area contributed by atoms with Gasteiger partial charge in [0.2, 0.25) is 0 Å². The summed E-state index contributed by atoms with van der Waals surface area (Å²) in [6.45, 7) is 4.80. The summed E-state index contributed by atoms with van der Waals surface area (Å²) in [6, 6.07) is 7.56. The van der Waals surface area contributed by atoms with Gasteiger partial charge in [0, 0.05) is 29.3 Å². The van der Waals surface area contributed by atoms with E-state index in [1.54, 1.807) is 6.92 Å². The zero-order valence-corrected chi connectivity index (χ0v) is 15.7. The zero-order chi connectivity index (χ0) is 18.7. The van der Waals surface area contributed by atoms with Crippen LogP contribution in [0.4, 0.5) is 0 Å². The standard InChI is InChI=1S/C20H22ClNO4/c1-3-25-8-9-26-20(24)19-12(2)18-16(22-19)10-14(11-17(18)23)13-4-6-15(21)7-5-13/h4-7,14,22H,3,8-11H2,1-2H3. The van der Waals surface area contributed by atoms with Crippen molar-refractivity contribution in [1.29, 1.82) is 0 Å². The summed E-state index contributed by atoms with van der Waals surface area (Å²) in [5.74, 6) is -0.326. The van der Waals surface area contributed by atoms with Gasteiger partial charge in [-0.15, -0.1) is 0 Å². The van der Waals surface area contributed by atoms with Crippen molar-refractivity contribution in [2.24, 2.45) is 0 Å². The number of aromatic amines is 1. The maximum absolute atomic E-state index is 12.7. The Balaban J connectivity index is 1.78. The Morgan fingerprint density at radius 2 is 1.96 bits per heavy atom. The van der Waals surface area contributed by atoms with Crippen molar-refractivity contribution >= 4 is 23.4 Å². The van der Waals surface area contributed by atoms with Gasteiger partial charge in [0.1, 0.15) is 12.3 Å². The van der Waals surface area contributed by atoms with Gasteiger partial charge in [0.05, 0.1) is 6.61 Å². The second kappa shape index (κ2) is 8.06. The van der Waals surface area contributed by atoms with Crippen molar-refractivity contribution in [3.8, 4) is 0 Å². The van der Waals surface area contributed by atoms with Gasteiger partial charge in [-0.3, -0.25) is 4.79 Å². The molecule has 2 aromatic rings. The van der Waals surface area contributed by atoms with Gasteiger partial charge in [-0.1, -0.05) is 23.7 Å². The number of hydrogen-bond acceptors (Lipinski definition) is 4. The van der Waals surface area contributed by atoms with E-state index in [1.165, 1.54) is 0 Å². The smallest absolute Gasteiger partial charge is 0.355 e. The van der Waals surface area contributed by atoms with Crippen LogP contribution < -0.4 is 0 Å². The number of carbonyl (C=O) groups excluding carboxylic acids is 2. The lowest BCUT2D eigenvalue weighted by Crippen LogP contribution is -2.18. The molecule has 0 bridgehead atoms. The summed E-state index contributed by atoms with van der Waals surface area (Å²) in [6.07, 6.45) is 1.10. The largest absolute Gasteiger partial charge is 0.459 e. The van der Waals surface area contributed by atoms with E-state index < -0.39 is 5.97 Å². The second-order valence-corrected chi connectivity index (χ2v) is 6.83. The molecule has 1 aromatic carbocycles.